The van der Waals surface area contributed by atoms with E-state index in [0.29, 0.717) is 0 Å². The Kier molecular flexibility index (Phi) is 2.43. The molecule has 0 fully saturated rings. The van der Waals surface area contributed by atoms with Crippen LogP contribution in [0.4, 0.5) is 8.78 Å². The van der Waals surface area contributed by atoms with Gasteiger partial charge < -0.3 is 0 Å². The van der Waals surface area contributed by atoms with Gasteiger partial charge in [-0.2, -0.15) is 0 Å². The van der Waals surface area contributed by atoms with Gasteiger partial charge in [-0.3, -0.25) is 4.79 Å². The van der Waals surface area contributed by atoms with E-state index in [1.807, 2.05) is 0 Å². The highest BCUT2D eigenvalue weighted by molar-refractivity contribution is 6.30. The van der Waals surface area contributed by atoms with Crippen LogP contribution in [-0.2, 0) is 0 Å². The summed E-state index contributed by atoms with van der Waals surface area (Å²) in [7, 11) is 0. The van der Waals surface area contributed by atoms with Crippen molar-refractivity contribution in [2.45, 2.75) is 6.92 Å². The van der Waals surface area contributed by atoms with Crippen molar-refractivity contribution in [2.75, 3.05) is 0 Å². The number of carbonyl (C=O) groups excluding carboxylic acids is 1. The standard InChI is InChI=1S/C8H5ClF2O/c1-4(12)5-2-3-6(9)8(11)7(5)10/h2-3H,1H3. The van der Waals surface area contributed by atoms with Gasteiger partial charge in [-0.1, -0.05) is 11.6 Å². The molecule has 1 nitrogen and oxygen atoms in total. The molecule has 0 saturated heterocycles. The SMILES string of the molecule is CC(=O)c1ccc(Cl)c(F)c1F. The monoisotopic (exact) mass is 190 g/mol. The first-order chi connectivity index (χ1) is 5.54. The van der Waals surface area contributed by atoms with E-state index >= 15 is 0 Å². The van der Waals surface area contributed by atoms with Crippen molar-refractivity contribution in [3.63, 3.8) is 0 Å². The van der Waals surface area contributed by atoms with Crippen molar-refractivity contribution in [1.29, 1.82) is 0 Å². The first kappa shape index (κ1) is 9.13. The molecule has 1 rings (SSSR count). The maximum absolute atomic E-state index is 12.8. The predicted molar refractivity (Wildman–Crippen MR) is 41.4 cm³/mol. The van der Waals surface area contributed by atoms with Crippen molar-refractivity contribution in [1.82, 2.24) is 0 Å². The number of rotatable bonds is 1. The van der Waals surface area contributed by atoms with Crippen LogP contribution in [0.2, 0.25) is 5.02 Å². The van der Waals surface area contributed by atoms with Crippen LogP contribution < -0.4 is 0 Å². The van der Waals surface area contributed by atoms with Crippen LogP contribution in [0.5, 0.6) is 0 Å². The van der Waals surface area contributed by atoms with Gasteiger partial charge in [0.2, 0.25) is 0 Å². The topological polar surface area (TPSA) is 17.1 Å². The summed E-state index contributed by atoms with van der Waals surface area (Å²) in [5.41, 5.74) is -0.281. The molecule has 12 heavy (non-hydrogen) atoms. The Hall–Kier alpha value is -0.960. The summed E-state index contributed by atoms with van der Waals surface area (Å²) < 4.78 is 25.5. The molecular formula is C8H5ClF2O. The fourth-order valence-corrected chi connectivity index (χ4v) is 0.944. The van der Waals surface area contributed by atoms with E-state index in [-0.39, 0.29) is 10.6 Å². The van der Waals surface area contributed by atoms with Crippen molar-refractivity contribution in [3.8, 4) is 0 Å². The second-order valence-electron chi connectivity index (χ2n) is 2.28. The van der Waals surface area contributed by atoms with Crippen LogP contribution in [0.3, 0.4) is 0 Å². The van der Waals surface area contributed by atoms with Gasteiger partial charge in [0, 0.05) is 0 Å². The molecule has 0 heterocycles. The lowest BCUT2D eigenvalue weighted by molar-refractivity contribution is 0.101. The molecule has 0 aliphatic rings. The Morgan fingerprint density at radius 1 is 1.33 bits per heavy atom. The van der Waals surface area contributed by atoms with E-state index in [9.17, 15) is 13.6 Å². The van der Waals surface area contributed by atoms with Crippen LogP contribution in [-0.4, -0.2) is 5.78 Å². The van der Waals surface area contributed by atoms with Crippen LogP contribution in [0, 0.1) is 11.6 Å². The predicted octanol–water partition coefficient (Wildman–Crippen LogP) is 2.82. The molecule has 0 saturated carbocycles. The minimum Gasteiger partial charge on any atom is -0.294 e. The number of hydrogen-bond donors (Lipinski definition) is 0. The zero-order valence-corrected chi connectivity index (χ0v) is 6.95. The van der Waals surface area contributed by atoms with Gasteiger partial charge in [0.05, 0.1) is 10.6 Å². The van der Waals surface area contributed by atoms with Gasteiger partial charge in [0.25, 0.3) is 0 Å². The lowest BCUT2D eigenvalue weighted by Crippen LogP contribution is -1.99. The largest absolute Gasteiger partial charge is 0.294 e. The third-order valence-electron chi connectivity index (χ3n) is 1.41. The van der Waals surface area contributed by atoms with Crippen LogP contribution in [0.1, 0.15) is 17.3 Å². The molecule has 0 aliphatic carbocycles. The summed E-state index contributed by atoms with van der Waals surface area (Å²) in [5, 5.41) is -0.322. The number of ketones is 1. The molecule has 1 aromatic rings. The third-order valence-corrected chi connectivity index (χ3v) is 1.71. The van der Waals surface area contributed by atoms with Crippen LogP contribution in [0.25, 0.3) is 0 Å². The van der Waals surface area contributed by atoms with E-state index in [1.54, 1.807) is 0 Å². The average molecular weight is 191 g/mol. The molecule has 1 aromatic carbocycles. The third kappa shape index (κ3) is 1.46. The molecule has 0 aromatic heterocycles. The molecule has 0 atom stereocenters. The fourth-order valence-electron chi connectivity index (χ4n) is 0.798. The maximum atomic E-state index is 12.8. The zero-order chi connectivity index (χ0) is 9.30. The van der Waals surface area contributed by atoms with E-state index in [2.05, 4.69) is 0 Å². The Morgan fingerprint density at radius 3 is 2.42 bits per heavy atom. The van der Waals surface area contributed by atoms with Crippen LogP contribution >= 0.6 is 11.6 Å². The maximum Gasteiger partial charge on any atom is 0.178 e. The van der Waals surface area contributed by atoms with Crippen LogP contribution in [0.15, 0.2) is 12.1 Å². The van der Waals surface area contributed by atoms with Gasteiger partial charge in [0.1, 0.15) is 0 Å². The van der Waals surface area contributed by atoms with E-state index in [1.165, 1.54) is 0 Å². The van der Waals surface area contributed by atoms with E-state index in [4.69, 9.17) is 11.6 Å². The molecule has 4 heteroatoms. The summed E-state index contributed by atoms with van der Waals surface area (Å²) in [6.07, 6.45) is 0. The highest BCUT2D eigenvalue weighted by Crippen LogP contribution is 2.20. The number of hydrogen-bond acceptors (Lipinski definition) is 1. The summed E-state index contributed by atoms with van der Waals surface area (Å²) in [6, 6.07) is 2.31. The van der Waals surface area contributed by atoms with E-state index in [0.717, 1.165) is 19.1 Å². The summed E-state index contributed by atoms with van der Waals surface area (Å²) in [5.74, 6) is -2.89. The number of halogens is 3. The lowest BCUT2D eigenvalue weighted by Gasteiger charge is -2.00. The smallest absolute Gasteiger partial charge is 0.178 e. The molecule has 0 unspecified atom stereocenters. The van der Waals surface area contributed by atoms with Crippen molar-refractivity contribution in [3.05, 3.63) is 34.4 Å². The van der Waals surface area contributed by atoms with Gasteiger partial charge >= 0.3 is 0 Å². The highest BCUT2D eigenvalue weighted by atomic mass is 35.5. The summed E-state index contributed by atoms with van der Waals surface area (Å²) in [4.78, 5) is 10.7. The second-order valence-corrected chi connectivity index (χ2v) is 2.69. The van der Waals surface area contributed by atoms with Crippen molar-refractivity contribution >= 4 is 17.4 Å². The molecular weight excluding hydrogens is 186 g/mol. The highest BCUT2D eigenvalue weighted by Gasteiger charge is 2.14. The number of Topliss-reactive ketones (excluding diaryl/α,β-unsaturated/α-hetero) is 1. The first-order valence-corrected chi connectivity index (χ1v) is 3.56. The Balaban J connectivity index is 3.36. The average Bonchev–Trinajstić information content (AvgIpc) is 2.00. The van der Waals surface area contributed by atoms with Gasteiger partial charge in [-0.25, -0.2) is 8.78 Å². The molecule has 0 spiro atoms. The summed E-state index contributed by atoms with van der Waals surface area (Å²) in [6.45, 7) is 1.16. The van der Waals surface area contributed by atoms with Crippen molar-refractivity contribution in [2.24, 2.45) is 0 Å². The minimum atomic E-state index is -1.19. The second kappa shape index (κ2) is 3.19. The Morgan fingerprint density at radius 2 is 1.92 bits per heavy atom. The van der Waals surface area contributed by atoms with E-state index < -0.39 is 17.4 Å². The molecule has 0 N–H and O–H groups in total. The first-order valence-electron chi connectivity index (χ1n) is 3.18. The fraction of sp³-hybridized carbons (Fsp3) is 0.125. The lowest BCUT2D eigenvalue weighted by atomic mass is 10.1. The molecule has 0 bridgehead atoms. The van der Waals surface area contributed by atoms with Gasteiger partial charge in [-0.15, -0.1) is 0 Å². The molecule has 0 aliphatic heterocycles. The Bertz CT molecular complexity index is 336. The molecule has 0 radical (unpaired) electrons. The normalized spacial score (nSPS) is 10.0. The Labute approximate surface area is 73.0 Å². The minimum absolute atomic E-state index is 0.281. The van der Waals surface area contributed by atoms with Gasteiger partial charge in [0.15, 0.2) is 17.4 Å². The molecule has 64 valence electrons. The zero-order valence-electron chi connectivity index (χ0n) is 6.20. The van der Waals surface area contributed by atoms with Crippen molar-refractivity contribution < 1.29 is 13.6 Å². The number of carbonyl (C=O) groups is 1. The molecule has 0 amide bonds. The van der Waals surface area contributed by atoms with Gasteiger partial charge in [-0.05, 0) is 19.1 Å². The quantitative estimate of drug-likeness (QED) is 0.492. The number of benzene rings is 1. The summed E-state index contributed by atoms with van der Waals surface area (Å²) >= 11 is 5.26.